The number of rotatable bonds is 10. The number of hydrogen-bond acceptors (Lipinski definition) is 4. The highest BCUT2D eigenvalue weighted by molar-refractivity contribution is 5.84. The van der Waals surface area contributed by atoms with E-state index in [9.17, 15) is 4.79 Å². The molecule has 1 aromatic heterocycles. The highest BCUT2D eigenvalue weighted by Crippen LogP contribution is 2.22. The first-order valence-electron chi connectivity index (χ1n) is 9.65. The molecule has 0 saturated carbocycles. The van der Waals surface area contributed by atoms with Gasteiger partial charge in [-0.15, -0.1) is 0 Å². The predicted molar refractivity (Wildman–Crippen MR) is 111 cm³/mol. The normalized spacial score (nSPS) is 10.6. The summed E-state index contributed by atoms with van der Waals surface area (Å²) < 4.78 is 11.5. The van der Waals surface area contributed by atoms with Crippen LogP contribution in [0.15, 0.2) is 60.8 Å². The van der Waals surface area contributed by atoms with Gasteiger partial charge in [0.05, 0.1) is 13.2 Å². The second kappa shape index (κ2) is 10.3. The molecule has 0 atom stereocenters. The van der Waals surface area contributed by atoms with Crippen LogP contribution in [0.2, 0.25) is 0 Å². The summed E-state index contributed by atoms with van der Waals surface area (Å²) in [5, 5.41) is 3.98. The molecule has 0 bridgehead atoms. The minimum Gasteiger partial charge on any atom is -0.494 e. The van der Waals surface area contributed by atoms with Gasteiger partial charge in [0, 0.05) is 24.5 Å². The van der Waals surface area contributed by atoms with E-state index in [0.717, 1.165) is 34.4 Å². The molecule has 3 rings (SSSR count). The Hall–Kier alpha value is -3.08. The molecule has 5 heteroatoms. The first-order chi connectivity index (χ1) is 13.7. The minimum absolute atomic E-state index is 0.0414. The van der Waals surface area contributed by atoms with Gasteiger partial charge >= 0.3 is 0 Å². The van der Waals surface area contributed by atoms with Crippen molar-refractivity contribution in [2.45, 2.75) is 26.2 Å². The molecule has 3 aromatic rings. The number of benzene rings is 2. The number of hydrogen-bond donors (Lipinski definition) is 1. The van der Waals surface area contributed by atoms with Gasteiger partial charge in [-0.3, -0.25) is 9.78 Å². The van der Waals surface area contributed by atoms with E-state index >= 15 is 0 Å². The van der Waals surface area contributed by atoms with E-state index in [1.807, 2.05) is 61.5 Å². The molecule has 1 N–H and O–H groups in total. The van der Waals surface area contributed by atoms with Crippen LogP contribution in [-0.2, 0) is 4.79 Å². The van der Waals surface area contributed by atoms with Crippen LogP contribution in [0.25, 0.3) is 10.9 Å². The maximum atomic E-state index is 11.9. The van der Waals surface area contributed by atoms with Gasteiger partial charge in [0.25, 0.3) is 0 Å². The van der Waals surface area contributed by atoms with E-state index in [1.54, 1.807) is 6.20 Å². The second-order valence-electron chi connectivity index (χ2n) is 6.65. The van der Waals surface area contributed by atoms with E-state index in [1.165, 1.54) is 0 Å². The number of nitrogens with one attached hydrogen (secondary N) is 1. The fraction of sp³-hybridized carbons (Fsp3) is 0.304. The number of amides is 1. The lowest BCUT2D eigenvalue weighted by molar-refractivity contribution is -0.121. The van der Waals surface area contributed by atoms with E-state index in [-0.39, 0.29) is 5.91 Å². The summed E-state index contributed by atoms with van der Waals surface area (Å²) >= 11 is 0. The van der Waals surface area contributed by atoms with Gasteiger partial charge in [0.15, 0.2) is 0 Å². The lowest BCUT2D eigenvalue weighted by atomic mass is 10.2. The highest BCUT2D eigenvalue weighted by Gasteiger charge is 2.04. The van der Waals surface area contributed by atoms with Crippen LogP contribution in [0.3, 0.4) is 0 Å². The molecule has 0 spiro atoms. The van der Waals surface area contributed by atoms with Crippen molar-refractivity contribution in [2.75, 3.05) is 19.8 Å². The van der Waals surface area contributed by atoms with E-state index in [2.05, 4.69) is 10.3 Å². The molecule has 0 saturated heterocycles. The molecule has 146 valence electrons. The fourth-order valence-electron chi connectivity index (χ4n) is 2.89. The topological polar surface area (TPSA) is 60.5 Å². The number of para-hydroxylation sites is 1. The first-order valence-corrected chi connectivity index (χ1v) is 9.65. The Balaban J connectivity index is 1.28. The number of nitrogens with zero attached hydrogens (tertiary/aromatic N) is 1. The first kappa shape index (κ1) is 19.7. The average molecular weight is 378 g/mol. The van der Waals surface area contributed by atoms with Gasteiger partial charge < -0.3 is 14.8 Å². The summed E-state index contributed by atoms with van der Waals surface area (Å²) in [5.74, 6) is 1.66. The average Bonchev–Trinajstić information content (AvgIpc) is 2.71. The van der Waals surface area contributed by atoms with Crippen LogP contribution in [0.4, 0.5) is 0 Å². The van der Waals surface area contributed by atoms with Crippen molar-refractivity contribution < 1.29 is 14.3 Å². The number of ether oxygens (including phenoxy) is 2. The summed E-state index contributed by atoms with van der Waals surface area (Å²) in [5.41, 5.74) is 2.03. The largest absolute Gasteiger partial charge is 0.494 e. The molecule has 28 heavy (non-hydrogen) atoms. The molecule has 0 unspecified atom stereocenters. The van der Waals surface area contributed by atoms with Crippen molar-refractivity contribution >= 4 is 16.8 Å². The molecule has 2 aromatic carbocycles. The van der Waals surface area contributed by atoms with Gasteiger partial charge in [-0.1, -0.05) is 30.3 Å². The van der Waals surface area contributed by atoms with Crippen molar-refractivity contribution in [3.05, 3.63) is 66.4 Å². The number of fused-ring (bicyclic) bond motifs is 1. The number of aromatic nitrogens is 1. The zero-order chi connectivity index (χ0) is 19.6. The van der Waals surface area contributed by atoms with Crippen molar-refractivity contribution in [3.63, 3.8) is 0 Å². The van der Waals surface area contributed by atoms with Crippen molar-refractivity contribution in [3.8, 4) is 11.5 Å². The summed E-state index contributed by atoms with van der Waals surface area (Å²) in [6, 6.07) is 17.7. The van der Waals surface area contributed by atoms with Crippen LogP contribution in [-0.4, -0.2) is 30.6 Å². The Labute approximate surface area is 165 Å². The van der Waals surface area contributed by atoms with Crippen LogP contribution in [0, 0.1) is 6.92 Å². The third-order valence-corrected chi connectivity index (χ3v) is 4.30. The Kier molecular flexibility index (Phi) is 7.24. The Morgan fingerprint density at radius 1 is 1.00 bits per heavy atom. The number of pyridine rings is 1. The Bertz CT molecular complexity index is 906. The summed E-state index contributed by atoms with van der Waals surface area (Å²) in [6.07, 6.45) is 3.66. The lowest BCUT2D eigenvalue weighted by Gasteiger charge is -2.09. The lowest BCUT2D eigenvalue weighted by Crippen LogP contribution is -2.25. The maximum Gasteiger partial charge on any atom is 0.220 e. The molecule has 1 amide bonds. The molecule has 5 nitrogen and oxygen atoms in total. The molecule has 1 heterocycles. The monoisotopic (exact) mass is 378 g/mol. The molecule has 0 aliphatic carbocycles. The highest BCUT2D eigenvalue weighted by atomic mass is 16.5. The summed E-state index contributed by atoms with van der Waals surface area (Å²) in [7, 11) is 0. The van der Waals surface area contributed by atoms with Gasteiger partial charge in [0.1, 0.15) is 17.0 Å². The smallest absolute Gasteiger partial charge is 0.220 e. The van der Waals surface area contributed by atoms with Gasteiger partial charge in [-0.2, -0.15) is 0 Å². The minimum atomic E-state index is 0.0414. The third-order valence-electron chi connectivity index (χ3n) is 4.30. The molecular weight excluding hydrogens is 352 g/mol. The SMILES string of the molecule is Cc1cccc(OCCCC(=O)NCCCOc2cccc3cccnc23)c1. The van der Waals surface area contributed by atoms with Crippen LogP contribution >= 0.6 is 0 Å². The molecule has 0 aliphatic heterocycles. The fourth-order valence-corrected chi connectivity index (χ4v) is 2.89. The number of carbonyl (C=O) groups excluding carboxylic acids is 1. The van der Waals surface area contributed by atoms with Crippen molar-refractivity contribution in [1.29, 1.82) is 0 Å². The van der Waals surface area contributed by atoms with Crippen LogP contribution in [0.1, 0.15) is 24.8 Å². The predicted octanol–water partition coefficient (Wildman–Crippen LogP) is 4.29. The van der Waals surface area contributed by atoms with Gasteiger partial charge in [-0.05, 0) is 49.6 Å². The molecule has 0 aliphatic rings. The molecular formula is C23H26N2O3. The zero-order valence-corrected chi connectivity index (χ0v) is 16.2. The second-order valence-corrected chi connectivity index (χ2v) is 6.65. The third kappa shape index (κ3) is 5.98. The Morgan fingerprint density at radius 3 is 2.71 bits per heavy atom. The van der Waals surface area contributed by atoms with Crippen molar-refractivity contribution in [1.82, 2.24) is 10.3 Å². The van der Waals surface area contributed by atoms with Crippen molar-refractivity contribution in [2.24, 2.45) is 0 Å². The van der Waals surface area contributed by atoms with Gasteiger partial charge in [-0.25, -0.2) is 0 Å². The maximum absolute atomic E-state index is 11.9. The van der Waals surface area contributed by atoms with Crippen LogP contribution < -0.4 is 14.8 Å². The number of carbonyl (C=O) groups is 1. The standard InChI is InChI=1S/C23H26N2O3/c1-18-7-2-10-20(17-18)27-15-5-12-22(26)24-14-6-16-28-21-11-3-8-19-9-4-13-25-23(19)21/h2-4,7-11,13,17H,5-6,12,14-16H2,1H3,(H,24,26). The van der Waals surface area contributed by atoms with E-state index in [0.29, 0.717) is 32.6 Å². The summed E-state index contributed by atoms with van der Waals surface area (Å²) in [6.45, 7) is 3.69. The van der Waals surface area contributed by atoms with E-state index < -0.39 is 0 Å². The van der Waals surface area contributed by atoms with Gasteiger partial charge in [0.2, 0.25) is 5.91 Å². The molecule has 0 radical (unpaired) electrons. The van der Waals surface area contributed by atoms with Crippen LogP contribution in [0.5, 0.6) is 11.5 Å². The summed E-state index contributed by atoms with van der Waals surface area (Å²) in [4.78, 5) is 16.3. The number of aryl methyl sites for hydroxylation is 1. The van der Waals surface area contributed by atoms with E-state index in [4.69, 9.17) is 9.47 Å². The quantitative estimate of drug-likeness (QED) is 0.535. The zero-order valence-electron chi connectivity index (χ0n) is 16.2. The molecule has 0 fully saturated rings. The Morgan fingerprint density at radius 2 is 1.82 bits per heavy atom.